The number of hydrogen-bond donors (Lipinski definition) is 0. The molecule has 0 spiro atoms. The average Bonchev–Trinajstić information content (AvgIpc) is 2.82. The van der Waals surface area contributed by atoms with E-state index in [4.69, 9.17) is 0 Å². The molecular weight excluding hydrogens is 454 g/mol. The summed E-state index contributed by atoms with van der Waals surface area (Å²) < 4.78 is 83.3. The van der Waals surface area contributed by atoms with Gasteiger partial charge in [-0.1, -0.05) is 84.9 Å². The van der Waals surface area contributed by atoms with Crippen molar-refractivity contribution in [3.05, 3.63) is 119 Å². The van der Waals surface area contributed by atoms with Crippen molar-refractivity contribution in [2.45, 2.75) is 12.4 Å². The van der Waals surface area contributed by atoms with E-state index < -0.39 is 29.3 Å². The zero-order chi connectivity index (χ0) is 24.5. The molecule has 0 radical (unpaired) electrons. The second kappa shape index (κ2) is 8.82. The summed E-state index contributed by atoms with van der Waals surface area (Å²) in [5.41, 5.74) is -3.25. The van der Waals surface area contributed by atoms with Crippen molar-refractivity contribution in [2.75, 3.05) is 0 Å². The number of rotatable bonds is 4. The van der Waals surface area contributed by atoms with Gasteiger partial charge in [0.1, 0.15) is 0 Å². The highest BCUT2D eigenvalue weighted by Gasteiger charge is 2.38. The first-order valence-electron chi connectivity index (χ1n) is 10.1. The molecule has 0 heterocycles. The first-order chi connectivity index (χ1) is 16.1. The monoisotopic (exact) mass is 470 g/mol. The van der Waals surface area contributed by atoms with Gasteiger partial charge < -0.3 is 0 Å². The summed E-state index contributed by atoms with van der Waals surface area (Å²) in [4.78, 5) is 13.7. The normalized spacial score (nSPS) is 11.9. The number of ketones is 1. The number of halogens is 6. The maximum Gasteiger partial charge on any atom is 0.417 e. The quantitative estimate of drug-likeness (QED) is 0.217. The molecule has 0 fully saturated rings. The maximum absolute atomic E-state index is 13.9. The van der Waals surface area contributed by atoms with E-state index in [0.717, 1.165) is 24.3 Å². The third-order valence-corrected chi connectivity index (χ3v) is 5.35. The standard InChI is InChI=1S/C27H16F6O/c28-26(29,30)21-15-7-13-19(23(21)17-9-3-1-4-10-17)25(34)20-14-8-16-22(27(31,32)33)24(20)18-11-5-2-6-12-18/h1-16H. The van der Waals surface area contributed by atoms with Gasteiger partial charge in [0.25, 0.3) is 0 Å². The first kappa shape index (κ1) is 23.3. The van der Waals surface area contributed by atoms with E-state index in [1.54, 1.807) is 12.1 Å². The third kappa shape index (κ3) is 4.46. The van der Waals surface area contributed by atoms with Crippen LogP contribution in [0.5, 0.6) is 0 Å². The lowest BCUT2D eigenvalue weighted by Crippen LogP contribution is -2.15. The molecule has 0 aliphatic rings. The second-order valence-corrected chi connectivity index (χ2v) is 7.51. The summed E-state index contributed by atoms with van der Waals surface area (Å²) >= 11 is 0. The van der Waals surface area contributed by atoms with Gasteiger partial charge in [-0.2, -0.15) is 26.3 Å². The Morgan fingerprint density at radius 3 is 1.15 bits per heavy atom. The van der Waals surface area contributed by atoms with Crippen LogP contribution >= 0.6 is 0 Å². The molecule has 0 atom stereocenters. The first-order valence-corrected chi connectivity index (χ1v) is 10.1. The van der Waals surface area contributed by atoms with E-state index in [0.29, 0.717) is 0 Å². The van der Waals surface area contributed by atoms with Gasteiger partial charge in [-0.25, -0.2) is 0 Å². The molecule has 0 saturated carbocycles. The zero-order valence-corrected chi connectivity index (χ0v) is 17.4. The minimum atomic E-state index is -4.78. The fourth-order valence-corrected chi connectivity index (χ4v) is 3.93. The molecule has 4 aromatic rings. The van der Waals surface area contributed by atoms with Gasteiger partial charge in [-0.15, -0.1) is 0 Å². The molecular formula is C27H16F6O. The summed E-state index contributed by atoms with van der Waals surface area (Å²) in [6.07, 6.45) is -9.56. The van der Waals surface area contributed by atoms with Crippen molar-refractivity contribution in [1.82, 2.24) is 0 Å². The van der Waals surface area contributed by atoms with Crippen molar-refractivity contribution in [3.8, 4) is 22.3 Å². The lowest BCUT2D eigenvalue weighted by Gasteiger charge is -2.20. The average molecular weight is 470 g/mol. The topological polar surface area (TPSA) is 17.1 Å². The molecule has 34 heavy (non-hydrogen) atoms. The lowest BCUT2D eigenvalue weighted by molar-refractivity contribution is -0.137. The van der Waals surface area contributed by atoms with E-state index in [1.165, 1.54) is 60.7 Å². The van der Waals surface area contributed by atoms with E-state index in [-0.39, 0.29) is 33.4 Å². The summed E-state index contributed by atoms with van der Waals surface area (Å²) in [5, 5.41) is 0. The minimum absolute atomic E-state index is 0.131. The molecule has 0 bridgehead atoms. The van der Waals surface area contributed by atoms with Crippen LogP contribution in [0, 0.1) is 0 Å². The van der Waals surface area contributed by atoms with Crippen LogP contribution in [-0.4, -0.2) is 5.78 Å². The van der Waals surface area contributed by atoms with Crippen molar-refractivity contribution >= 4 is 5.78 Å². The van der Waals surface area contributed by atoms with E-state index in [2.05, 4.69) is 0 Å². The Hall–Kier alpha value is -3.87. The van der Waals surface area contributed by atoms with Gasteiger partial charge in [0.05, 0.1) is 11.1 Å². The van der Waals surface area contributed by atoms with Gasteiger partial charge >= 0.3 is 12.4 Å². The zero-order valence-electron chi connectivity index (χ0n) is 17.4. The Balaban J connectivity index is 2.02. The van der Waals surface area contributed by atoms with Crippen LogP contribution in [-0.2, 0) is 12.4 Å². The fourth-order valence-electron chi connectivity index (χ4n) is 3.93. The molecule has 0 aromatic heterocycles. The van der Waals surface area contributed by atoms with Crippen molar-refractivity contribution < 1.29 is 31.1 Å². The highest BCUT2D eigenvalue weighted by molar-refractivity contribution is 6.16. The molecule has 172 valence electrons. The van der Waals surface area contributed by atoms with Crippen molar-refractivity contribution in [2.24, 2.45) is 0 Å². The number of benzene rings is 4. The van der Waals surface area contributed by atoms with Gasteiger partial charge in [0, 0.05) is 22.3 Å². The van der Waals surface area contributed by atoms with Crippen LogP contribution in [0.25, 0.3) is 22.3 Å². The third-order valence-electron chi connectivity index (χ3n) is 5.35. The number of carbonyl (C=O) groups is 1. The Kier molecular flexibility index (Phi) is 6.04. The Labute approximate surface area is 191 Å². The molecule has 0 aliphatic carbocycles. The van der Waals surface area contributed by atoms with Gasteiger partial charge in [-0.05, 0) is 23.3 Å². The number of alkyl halides is 6. The van der Waals surface area contributed by atoms with E-state index in [1.807, 2.05) is 0 Å². The SMILES string of the molecule is O=C(c1cccc(C(F)(F)F)c1-c1ccccc1)c1cccc(C(F)(F)F)c1-c1ccccc1. The molecule has 0 amide bonds. The highest BCUT2D eigenvalue weighted by atomic mass is 19.4. The molecule has 1 nitrogen and oxygen atoms in total. The summed E-state index contributed by atoms with van der Waals surface area (Å²) in [7, 11) is 0. The van der Waals surface area contributed by atoms with E-state index >= 15 is 0 Å². The van der Waals surface area contributed by atoms with Crippen LogP contribution in [0.1, 0.15) is 27.0 Å². The van der Waals surface area contributed by atoms with Crippen molar-refractivity contribution in [3.63, 3.8) is 0 Å². The predicted octanol–water partition coefficient (Wildman–Crippen LogP) is 8.29. The van der Waals surface area contributed by atoms with Gasteiger partial charge in [-0.3, -0.25) is 4.79 Å². The van der Waals surface area contributed by atoms with Crippen molar-refractivity contribution in [1.29, 1.82) is 0 Å². The summed E-state index contributed by atoms with van der Waals surface area (Å²) in [6.45, 7) is 0. The Morgan fingerprint density at radius 2 is 0.824 bits per heavy atom. The Bertz CT molecular complexity index is 1220. The molecule has 0 saturated heterocycles. The number of hydrogen-bond acceptors (Lipinski definition) is 1. The maximum atomic E-state index is 13.9. The van der Waals surface area contributed by atoms with Gasteiger partial charge in [0.2, 0.25) is 0 Å². The number of carbonyl (C=O) groups excluding carboxylic acids is 1. The predicted molar refractivity (Wildman–Crippen MR) is 117 cm³/mol. The highest BCUT2D eigenvalue weighted by Crippen LogP contribution is 2.42. The molecule has 0 unspecified atom stereocenters. The molecule has 7 heteroatoms. The largest absolute Gasteiger partial charge is 0.417 e. The fraction of sp³-hybridized carbons (Fsp3) is 0.0741. The summed E-state index contributed by atoms with van der Waals surface area (Å²) in [6, 6.07) is 21.3. The van der Waals surface area contributed by atoms with E-state index in [9.17, 15) is 31.1 Å². The molecule has 4 rings (SSSR count). The smallest absolute Gasteiger partial charge is 0.289 e. The molecule has 0 aliphatic heterocycles. The van der Waals surface area contributed by atoms with Crippen LogP contribution in [0.3, 0.4) is 0 Å². The van der Waals surface area contributed by atoms with Crippen LogP contribution in [0.15, 0.2) is 97.1 Å². The Morgan fingerprint density at radius 1 is 0.471 bits per heavy atom. The van der Waals surface area contributed by atoms with Crippen LogP contribution in [0.2, 0.25) is 0 Å². The molecule has 0 N–H and O–H groups in total. The van der Waals surface area contributed by atoms with Crippen LogP contribution < -0.4 is 0 Å². The summed E-state index contributed by atoms with van der Waals surface area (Å²) in [5.74, 6) is -0.935. The minimum Gasteiger partial charge on any atom is -0.289 e. The molecule has 4 aromatic carbocycles. The van der Waals surface area contributed by atoms with Gasteiger partial charge in [0.15, 0.2) is 5.78 Å². The second-order valence-electron chi connectivity index (χ2n) is 7.51. The van der Waals surface area contributed by atoms with Crippen LogP contribution in [0.4, 0.5) is 26.3 Å². The lowest BCUT2D eigenvalue weighted by atomic mass is 9.86.